The standard InChI is InChI=1S/C12H25N3O/c1-6-11(14-10(2)3)12(16)13-8-7-9-15(4)5/h6,10-11,14H,1,7-9H2,2-5H3,(H,13,16)/t11-/m1/s1. The molecule has 1 amide bonds. The van der Waals surface area contributed by atoms with E-state index < -0.39 is 0 Å². The Morgan fingerprint density at radius 1 is 1.44 bits per heavy atom. The second-order valence-corrected chi connectivity index (χ2v) is 4.48. The Morgan fingerprint density at radius 2 is 2.06 bits per heavy atom. The number of rotatable bonds is 8. The van der Waals surface area contributed by atoms with Crippen LogP contribution in [0.4, 0.5) is 0 Å². The summed E-state index contributed by atoms with van der Waals surface area (Å²) in [6.45, 7) is 9.37. The van der Waals surface area contributed by atoms with Crippen molar-refractivity contribution in [2.75, 3.05) is 27.2 Å². The molecular weight excluding hydrogens is 202 g/mol. The average molecular weight is 227 g/mol. The molecule has 0 saturated carbocycles. The predicted molar refractivity (Wildman–Crippen MR) is 68.4 cm³/mol. The van der Waals surface area contributed by atoms with E-state index in [0.717, 1.165) is 13.0 Å². The van der Waals surface area contributed by atoms with E-state index in [1.165, 1.54) is 0 Å². The fourth-order valence-electron chi connectivity index (χ4n) is 1.33. The summed E-state index contributed by atoms with van der Waals surface area (Å²) in [6.07, 6.45) is 2.60. The van der Waals surface area contributed by atoms with Crippen molar-refractivity contribution >= 4 is 5.91 Å². The monoisotopic (exact) mass is 227 g/mol. The Bertz CT molecular complexity index is 214. The number of hydrogen-bond donors (Lipinski definition) is 2. The van der Waals surface area contributed by atoms with Crippen molar-refractivity contribution in [2.24, 2.45) is 0 Å². The third-order valence-corrected chi connectivity index (χ3v) is 2.11. The molecule has 0 radical (unpaired) electrons. The van der Waals surface area contributed by atoms with Gasteiger partial charge in [-0.2, -0.15) is 0 Å². The van der Waals surface area contributed by atoms with Crippen molar-refractivity contribution in [3.63, 3.8) is 0 Å². The van der Waals surface area contributed by atoms with Gasteiger partial charge in [-0.15, -0.1) is 6.58 Å². The molecule has 0 aliphatic carbocycles. The summed E-state index contributed by atoms with van der Waals surface area (Å²) in [5, 5.41) is 6.03. The van der Waals surface area contributed by atoms with Crippen LogP contribution in [-0.2, 0) is 4.79 Å². The lowest BCUT2D eigenvalue weighted by Crippen LogP contribution is -2.46. The molecule has 0 aromatic rings. The fraction of sp³-hybridized carbons (Fsp3) is 0.750. The zero-order chi connectivity index (χ0) is 12.6. The highest BCUT2D eigenvalue weighted by Crippen LogP contribution is 1.90. The second kappa shape index (κ2) is 8.30. The Balaban J connectivity index is 3.80. The third-order valence-electron chi connectivity index (χ3n) is 2.11. The summed E-state index contributed by atoms with van der Waals surface area (Å²) in [4.78, 5) is 13.8. The molecule has 0 unspecified atom stereocenters. The van der Waals surface area contributed by atoms with Crippen LogP contribution in [0.5, 0.6) is 0 Å². The smallest absolute Gasteiger partial charge is 0.241 e. The van der Waals surface area contributed by atoms with E-state index in [4.69, 9.17) is 0 Å². The summed E-state index contributed by atoms with van der Waals surface area (Å²) in [5.41, 5.74) is 0. The molecule has 0 aliphatic rings. The molecule has 0 rings (SSSR count). The zero-order valence-corrected chi connectivity index (χ0v) is 10.9. The maximum absolute atomic E-state index is 11.7. The van der Waals surface area contributed by atoms with Gasteiger partial charge in [0, 0.05) is 12.6 Å². The molecule has 0 saturated heterocycles. The van der Waals surface area contributed by atoms with Gasteiger partial charge in [0.05, 0.1) is 0 Å². The predicted octanol–water partition coefficient (Wildman–Crippen LogP) is 0.607. The van der Waals surface area contributed by atoms with Crippen LogP contribution >= 0.6 is 0 Å². The lowest BCUT2D eigenvalue weighted by Gasteiger charge is -2.17. The number of amides is 1. The minimum Gasteiger partial charge on any atom is -0.354 e. The van der Waals surface area contributed by atoms with E-state index >= 15 is 0 Å². The lowest BCUT2D eigenvalue weighted by molar-refractivity contribution is -0.122. The molecule has 0 aromatic carbocycles. The van der Waals surface area contributed by atoms with E-state index in [1.54, 1.807) is 6.08 Å². The van der Waals surface area contributed by atoms with Gasteiger partial charge in [0.1, 0.15) is 6.04 Å². The number of nitrogens with zero attached hydrogens (tertiary/aromatic N) is 1. The normalized spacial score (nSPS) is 12.9. The van der Waals surface area contributed by atoms with Crippen molar-refractivity contribution < 1.29 is 4.79 Å². The quantitative estimate of drug-likeness (QED) is 0.472. The van der Waals surface area contributed by atoms with Crippen LogP contribution in [-0.4, -0.2) is 50.1 Å². The summed E-state index contributed by atoms with van der Waals surface area (Å²) in [7, 11) is 4.05. The highest BCUT2D eigenvalue weighted by molar-refractivity contribution is 5.83. The lowest BCUT2D eigenvalue weighted by atomic mass is 10.2. The highest BCUT2D eigenvalue weighted by atomic mass is 16.2. The number of carbonyl (C=O) groups is 1. The van der Waals surface area contributed by atoms with Crippen molar-refractivity contribution in [3.8, 4) is 0 Å². The molecule has 0 heterocycles. The first-order chi connectivity index (χ1) is 7.47. The maximum Gasteiger partial charge on any atom is 0.241 e. The molecule has 0 aliphatic heterocycles. The Hall–Kier alpha value is -0.870. The van der Waals surface area contributed by atoms with Crippen LogP contribution in [0.15, 0.2) is 12.7 Å². The van der Waals surface area contributed by atoms with Crippen LogP contribution < -0.4 is 10.6 Å². The molecular formula is C12H25N3O. The van der Waals surface area contributed by atoms with Gasteiger partial charge < -0.3 is 15.5 Å². The first-order valence-electron chi connectivity index (χ1n) is 5.78. The van der Waals surface area contributed by atoms with Gasteiger partial charge in [-0.3, -0.25) is 4.79 Å². The molecule has 2 N–H and O–H groups in total. The van der Waals surface area contributed by atoms with Gasteiger partial charge in [-0.25, -0.2) is 0 Å². The Kier molecular flexibility index (Phi) is 7.85. The molecule has 0 bridgehead atoms. The first-order valence-corrected chi connectivity index (χ1v) is 5.78. The van der Waals surface area contributed by atoms with E-state index in [-0.39, 0.29) is 18.0 Å². The van der Waals surface area contributed by atoms with Gasteiger partial charge in [0.25, 0.3) is 0 Å². The van der Waals surface area contributed by atoms with Gasteiger partial charge in [0.2, 0.25) is 5.91 Å². The maximum atomic E-state index is 11.7. The van der Waals surface area contributed by atoms with Crippen molar-refractivity contribution in [1.82, 2.24) is 15.5 Å². The topological polar surface area (TPSA) is 44.4 Å². The molecule has 94 valence electrons. The molecule has 4 nitrogen and oxygen atoms in total. The minimum absolute atomic E-state index is 0.00227. The highest BCUT2D eigenvalue weighted by Gasteiger charge is 2.14. The molecule has 1 atom stereocenters. The van der Waals surface area contributed by atoms with Crippen molar-refractivity contribution in [3.05, 3.63) is 12.7 Å². The minimum atomic E-state index is -0.292. The molecule has 0 aromatic heterocycles. The summed E-state index contributed by atoms with van der Waals surface area (Å²) in [6, 6.07) is -0.0186. The summed E-state index contributed by atoms with van der Waals surface area (Å²) in [5.74, 6) is 0.00227. The van der Waals surface area contributed by atoms with Crippen LogP contribution in [0, 0.1) is 0 Å². The Morgan fingerprint density at radius 3 is 2.50 bits per heavy atom. The largest absolute Gasteiger partial charge is 0.354 e. The summed E-state index contributed by atoms with van der Waals surface area (Å²) < 4.78 is 0. The van der Waals surface area contributed by atoms with E-state index in [2.05, 4.69) is 22.1 Å². The van der Waals surface area contributed by atoms with E-state index in [0.29, 0.717) is 6.54 Å². The SMILES string of the molecule is C=C[C@@H](NC(C)C)C(=O)NCCCN(C)C. The van der Waals surface area contributed by atoms with Crippen LogP contribution in [0.25, 0.3) is 0 Å². The molecule has 4 heteroatoms. The van der Waals surface area contributed by atoms with E-state index in [9.17, 15) is 4.79 Å². The van der Waals surface area contributed by atoms with Gasteiger partial charge >= 0.3 is 0 Å². The van der Waals surface area contributed by atoms with Gasteiger partial charge in [0.15, 0.2) is 0 Å². The summed E-state index contributed by atoms with van der Waals surface area (Å²) >= 11 is 0. The number of carbonyl (C=O) groups excluding carboxylic acids is 1. The van der Waals surface area contributed by atoms with Gasteiger partial charge in [-0.1, -0.05) is 6.08 Å². The van der Waals surface area contributed by atoms with Crippen LogP contribution in [0.1, 0.15) is 20.3 Å². The second-order valence-electron chi connectivity index (χ2n) is 4.48. The average Bonchev–Trinajstić information content (AvgIpc) is 2.20. The molecule has 16 heavy (non-hydrogen) atoms. The van der Waals surface area contributed by atoms with Crippen LogP contribution in [0.3, 0.4) is 0 Å². The molecule has 0 fully saturated rings. The van der Waals surface area contributed by atoms with Crippen molar-refractivity contribution in [2.45, 2.75) is 32.4 Å². The first kappa shape index (κ1) is 15.1. The number of hydrogen-bond acceptors (Lipinski definition) is 3. The van der Waals surface area contributed by atoms with Crippen molar-refractivity contribution in [1.29, 1.82) is 0 Å². The van der Waals surface area contributed by atoms with Gasteiger partial charge in [-0.05, 0) is 40.9 Å². The third kappa shape index (κ3) is 7.43. The number of nitrogens with one attached hydrogen (secondary N) is 2. The van der Waals surface area contributed by atoms with Crippen LogP contribution in [0.2, 0.25) is 0 Å². The zero-order valence-electron chi connectivity index (χ0n) is 10.9. The molecule has 0 spiro atoms. The Labute approximate surface area is 99.1 Å². The van der Waals surface area contributed by atoms with E-state index in [1.807, 2.05) is 27.9 Å². The fourth-order valence-corrected chi connectivity index (χ4v) is 1.33.